The summed E-state index contributed by atoms with van der Waals surface area (Å²) in [5.41, 5.74) is 8.12. The molecule has 0 saturated carbocycles. The van der Waals surface area contributed by atoms with Crippen LogP contribution in [0.1, 0.15) is 5.56 Å². The molecular weight excluding hydrogens is 340 g/mol. The highest BCUT2D eigenvalue weighted by Gasteiger charge is 2.03. The number of hydrogen-bond acceptors (Lipinski definition) is 1. The van der Waals surface area contributed by atoms with Crippen LogP contribution >= 0.6 is 0 Å². The summed E-state index contributed by atoms with van der Waals surface area (Å²) in [6, 6.07) is 34.3. The van der Waals surface area contributed by atoms with E-state index in [1.54, 1.807) is 0 Å². The molecule has 0 fully saturated rings. The van der Waals surface area contributed by atoms with Crippen LogP contribution in [0.2, 0.25) is 0 Å². The predicted molar refractivity (Wildman–Crippen MR) is 114 cm³/mol. The highest BCUT2D eigenvalue weighted by molar-refractivity contribution is 5.74. The van der Waals surface area contributed by atoms with Crippen molar-refractivity contribution in [1.29, 1.82) is 5.26 Å². The Balaban J connectivity index is 1.55. The van der Waals surface area contributed by atoms with Gasteiger partial charge in [-0.3, -0.25) is 0 Å². The van der Waals surface area contributed by atoms with Gasteiger partial charge in [-0.1, -0.05) is 84.9 Å². The van der Waals surface area contributed by atoms with Crippen LogP contribution in [-0.2, 0) is 0 Å². The first-order chi connectivity index (χ1) is 13.8. The number of benzene rings is 4. The summed E-state index contributed by atoms with van der Waals surface area (Å²) in [6.07, 6.45) is 0. The molecule has 0 aliphatic carbocycles. The van der Waals surface area contributed by atoms with Crippen molar-refractivity contribution in [2.45, 2.75) is 0 Å². The summed E-state index contributed by atoms with van der Waals surface area (Å²) in [6.45, 7) is 7.04. The minimum Gasteiger partial charge on any atom is -0.238 e. The van der Waals surface area contributed by atoms with Crippen LogP contribution < -0.4 is 0 Å². The number of hydrogen-bond donors (Lipinski definition) is 0. The van der Waals surface area contributed by atoms with E-state index < -0.39 is 0 Å². The Morgan fingerprint density at radius 2 is 0.786 bits per heavy atom. The maximum Gasteiger partial charge on any atom is 0.187 e. The summed E-state index contributed by atoms with van der Waals surface area (Å²) < 4.78 is 0. The lowest BCUT2D eigenvalue weighted by Crippen LogP contribution is -1.82. The molecule has 28 heavy (non-hydrogen) atoms. The van der Waals surface area contributed by atoms with Crippen molar-refractivity contribution in [3.05, 3.63) is 114 Å². The van der Waals surface area contributed by atoms with Gasteiger partial charge in [0.25, 0.3) is 0 Å². The Labute approximate surface area is 164 Å². The van der Waals surface area contributed by atoms with Gasteiger partial charge >= 0.3 is 0 Å². The topological polar surface area (TPSA) is 28.1 Å². The monoisotopic (exact) mass is 356 g/mol. The van der Waals surface area contributed by atoms with Crippen molar-refractivity contribution >= 4 is 5.69 Å². The van der Waals surface area contributed by atoms with Gasteiger partial charge in [0.2, 0.25) is 0 Å². The van der Waals surface area contributed by atoms with Crippen molar-refractivity contribution in [2.24, 2.45) is 0 Å². The molecule has 0 heterocycles. The molecule has 0 unspecified atom stereocenters. The summed E-state index contributed by atoms with van der Waals surface area (Å²) in [7, 11) is 0. The van der Waals surface area contributed by atoms with Crippen LogP contribution in [0.4, 0.5) is 5.69 Å². The van der Waals surface area contributed by atoms with Gasteiger partial charge in [-0.15, -0.1) is 0 Å². The van der Waals surface area contributed by atoms with Crippen molar-refractivity contribution in [2.75, 3.05) is 0 Å². The lowest BCUT2D eigenvalue weighted by molar-refractivity contribution is 1.48. The van der Waals surface area contributed by atoms with Crippen LogP contribution in [0.5, 0.6) is 0 Å². The van der Waals surface area contributed by atoms with Crippen LogP contribution in [0.25, 0.3) is 38.2 Å². The fraction of sp³-hybridized carbons (Fsp3) is 0. The van der Waals surface area contributed by atoms with E-state index in [4.69, 9.17) is 11.8 Å². The highest BCUT2D eigenvalue weighted by atomic mass is 14.6. The van der Waals surface area contributed by atoms with E-state index in [-0.39, 0.29) is 0 Å². The van der Waals surface area contributed by atoms with Gasteiger partial charge in [-0.05, 0) is 45.5 Å². The Morgan fingerprint density at radius 3 is 1.07 bits per heavy atom. The molecule has 0 N–H and O–H groups in total. The standard InChI is InChI=1S/C26H16N2/c1-28-26-16-14-25(15-17-26)24-12-10-23(11-13-24)22-8-6-21(7-9-22)20-4-2-19(18-27)3-5-20/h2-17H. The summed E-state index contributed by atoms with van der Waals surface area (Å²) in [5, 5.41) is 8.92. The summed E-state index contributed by atoms with van der Waals surface area (Å²) in [5.74, 6) is 0. The molecule has 0 atom stereocenters. The Bertz CT molecular complexity index is 1070. The molecule has 0 radical (unpaired) electrons. The zero-order valence-electron chi connectivity index (χ0n) is 15.1. The predicted octanol–water partition coefficient (Wildman–Crippen LogP) is 7.11. The average Bonchev–Trinajstić information content (AvgIpc) is 2.79. The van der Waals surface area contributed by atoms with E-state index >= 15 is 0 Å². The van der Waals surface area contributed by atoms with Gasteiger partial charge in [0.1, 0.15) is 0 Å². The molecule has 2 nitrogen and oxygen atoms in total. The second-order valence-electron chi connectivity index (χ2n) is 6.50. The largest absolute Gasteiger partial charge is 0.238 e. The van der Waals surface area contributed by atoms with Gasteiger partial charge < -0.3 is 0 Å². The molecular formula is C26H16N2. The quantitative estimate of drug-likeness (QED) is 0.359. The number of rotatable bonds is 3. The lowest BCUT2D eigenvalue weighted by atomic mass is 9.98. The molecule has 4 aromatic carbocycles. The molecule has 0 aliphatic rings. The minimum absolute atomic E-state index is 0.655. The third-order valence-electron chi connectivity index (χ3n) is 4.78. The van der Waals surface area contributed by atoms with E-state index in [0.29, 0.717) is 11.3 Å². The molecule has 4 rings (SSSR count). The zero-order valence-corrected chi connectivity index (χ0v) is 15.1. The zero-order chi connectivity index (χ0) is 19.3. The van der Waals surface area contributed by atoms with E-state index in [2.05, 4.69) is 59.4 Å². The van der Waals surface area contributed by atoms with Crippen molar-refractivity contribution < 1.29 is 0 Å². The molecule has 0 amide bonds. The molecule has 130 valence electrons. The first kappa shape index (κ1) is 17.3. The smallest absolute Gasteiger partial charge is 0.187 e. The van der Waals surface area contributed by atoms with E-state index in [1.165, 1.54) is 0 Å². The second kappa shape index (κ2) is 7.62. The molecule has 0 saturated heterocycles. The SMILES string of the molecule is [C-]#[N+]c1ccc(-c2ccc(-c3ccc(-c4ccc(C#N)cc4)cc3)cc2)cc1. The van der Waals surface area contributed by atoms with Crippen LogP contribution in [0.15, 0.2) is 97.1 Å². The van der Waals surface area contributed by atoms with Gasteiger partial charge in [0.05, 0.1) is 18.2 Å². The fourth-order valence-electron chi connectivity index (χ4n) is 3.18. The maximum absolute atomic E-state index is 8.92. The van der Waals surface area contributed by atoms with Crippen LogP contribution in [-0.4, -0.2) is 0 Å². The van der Waals surface area contributed by atoms with E-state index in [9.17, 15) is 0 Å². The first-order valence-electron chi connectivity index (χ1n) is 8.96. The Hall–Kier alpha value is -4.14. The normalized spacial score (nSPS) is 10.1. The van der Waals surface area contributed by atoms with Crippen molar-refractivity contribution in [1.82, 2.24) is 0 Å². The molecule has 2 heteroatoms. The van der Waals surface area contributed by atoms with Gasteiger partial charge in [0.15, 0.2) is 5.69 Å². The maximum atomic E-state index is 8.92. The lowest BCUT2D eigenvalue weighted by Gasteiger charge is -2.07. The fourth-order valence-corrected chi connectivity index (χ4v) is 3.18. The Kier molecular flexibility index (Phi) is 4.70. The van der Waals surface area contributed by atoms with E-state index in [1.807, 2.05) is 48.5 Å². The highest BCUT2D eigenvalue weighted by Crippen LogP contribution is 2.28. The molecule has 0 aliphatic heterocycles. The molecule has 0 bridgehead atoms. The number of nitrogens with zero attached hydrogens (tertiary/aromatic N) is 2. The number of nitriles is 1. The minimum atomic E-state index is 0.655. The second-order valence-corrected chi connectivity index (χ2v) is 6.50. The van der Waals surface area contributed by atoms with Crippen LogP contribution in [0, 0.1) is 17.9 Å². The summed E-state index contributed by atoms with van der Waals surface area (Å²) >= 11 is 0. The van der Waals surface area contributed by atoms with Crippen LogP contribution in [0.3, 0.4) is 0 Å². The van der Waals surface area contributed by atoms with Gasteiger partial charge in [-0.2, -0.15) is 5.26 Å². The van der Waals surface area contributed by atoms with Crippen molar-refractivity contribution in [3.8, 4) is 39.4 Å². The third-order valence-corrected chi connectivity index (χ3v) is 4.78. The molecule has 4 aromatic rings. The molecule has 0 aromatic heterocycles. The van der Waals surface area contributed by atoms with Crippen molar-refractivity contribution in [3.63, 3.8) is 0 Å². The summed E-state index contributed by atoms with van der Waals surface area (Å²) in [4.78, 5) is 3.43. The van der Waals surface area contributed by atoms with Gasteiger partial charge in [0, 0.05) is 0 Å². The molecule has 0 spiro atoms. The van der Waals surface area contributed by atoms with Gasteiger partial charge in [-0.25, -0.2) is 4.85 Å². The first-order valence-corrected chi connectivity index (χ1v) is 8.96. The van der Waals surface area contributed by atoms with E-state index in [0.717, 1.165) is 33.4 Å². The average molecular weight is 356 g/mol. The Morgan fingerprint density at radius 1 is 0.500 bits per heavy atom. The third kappa shape index (κ3) is 3.54.